The fourth-order valence-corrected chi connectivity index (χ4v) is 1.88. The van der Waals surface area contributed by atoms with Crippen molar-refractivity contribution in [1.82, 2.24) is 4.98 Å². The summed E-state index contributed by atoms with van der Waals surface area (Å²) < 4.78 is 1.41. The minimum absolute atomic E-state index is 1.09. The molecule has 1 nitrogen and oxygen atoms in total. The topological polar surface area (TPSA) is 12.9 Å². The van der Waals surface area contributed by atoms with Gasteiger partial charge in [0.2, 0.25) is 0 Å². The van der Waals surface area contributed by atoms with E-state index in [4.69, 9.17) is 0 Å². The van der Waals surface area contributed by atoms with Gasteiger partial charge in [-0.2, -0.15) is 0 Å². The predicted octanol–water partition coefficient (Wildman–Crippen LogP) is 0.761. The summed E-state index contributed by atoms with van der Waals surface area (Å²) in [5.74, 6) is 0. The average Bonchev–Trinajstić information content (AvgIpc) is 2.04. The van der Waals surface area contributed by atoms with Crippen molar-refractivity contribution in [3.63, 3.8) is 0 Å². The van der Waals surface area contributed by atoms with Gasteiger partial charge in [-0.3, -0.25) is 0 Å². The number of rotatable bonds is 0. The molecule has 2 rings (SSSR count). The number of hydrogen-bond acceptors (Lipinski definition) is 1. The molecule has 2 radical (unpaired) electrons. The number of benzene rings is 1. The van der Waals surface area contributed by atoms with E-state index in [9.17, 15) is 0 Å². The van der Waals surface area contributed by atoms with Crippen molar-refractivity contribution in [1.29, 1.82) is 0 Å². The second-order valence-corrected chi connectivity index (χ2v) is 4.36. The number of hydrogen-bond donors (Lipinski definition) is 0. The van der Waals surface area contributed by atoms with Crippen LogP contribution in [-0.4, -0.2) is 27.5 Å². The molecule has 2 aromatic rings. The molecule has 0 spiro atoms. The van der Waals surface area contributed by atoms with Crippen LogP contribution in [0.25, 0.3) is 10.9 Å². The van der Waals surface area contributed by atoms with Crippen LogP contribution in [0.3, 0.4) is 0 Å². The van der Waals surface area contributed by atoms with Crippen LogP contribution in [0.4, 0.5) is 0 Å². The number of pyridine rings is 1. The van der Waals surface area contributed by atoms with Gasteiger partial charge in [-0.05, 0) is 0 Å². The zero-order chi connectivity index (χ0) is 7.68. The second-order valence-electron chi connectivity index (χ2n) is 2.46. The Labute approximate surface area is 78.5 Å². The van der Waals surface area contributed by atoms with E-state index in [1.807, 2.05) is 12.3 Å². The Kier molecular flexibility index (Phi) is 1.82. The van der Waals surface area contributed by atoms with Crippen LogP contribution in [0.1, 0.15) is 0 Å². The first kappa shape index (κ1) is 7.10. The van der Waals surface area contributed by atoms with Gasteiger partial charge in [0.15, 0.2) is 0 Å². The molecule has 1 aromatic carbocycles. The molecular weight excluding hydrogens is 241 g/mol. The Bertz CT molecular complexity index is 384. The van der Waals surface area contributed by atoms with Crippen molar-refractivity contribution >= 4 is 37.0 Å². The second kappa shape index (κ2) is 2.81. The maximum atomic E-state index is 4.24. The Morgan fingerprint density at radius 2 is 2.09 bits per heavy atom. The van der Waals surface area contributed by atoms with Crippen molar-refractivity contribution in [2.24, 2.45) is 0 Å². The van der Waals surface area contributed by atoms with Gasteiger partial charge < -0.3 is 0 Å². The van der Waals surface area contributed by atoms with Gasteiger partial charge in [-0.1, -0.05) is 0 Å². The van der Waals surface area contributed by atoms with Crippen LogP contribution >= 0.6 is 0 Å². The molecule has 0 fully saturated rings. The van der Waals surface area contributed by atoms with Crippen LogP contribution in [-0.2, 0) is 0 Å². The van der Waals surface area contributed by atoms with Crippen molar-refractivity contribution in [3.8, 4) is 0 Å². The van der Waals surface area contributed by atoms with Gasteiger partial charge >= 0.3 is 78.5 Å². The van der Waals surface area contributed by atoms with E-state index in [1.165, 1.54) is 31.5 Å². The fourth-order valence-electron chi connectivity index (χ4n) is 1.09. The van der Waals surface area contributed by atoms with Gasteiger partial charge in [0.25, 0.3) is 0 Å². The molecular formula is C9H7NSn. The summed E-state index contributed by atoms with van der Waals surface area (Å²) in [5.41, 5.74) is 1.09. The molecule has 11 heavy (non-hydrogen) atoms. The molecule has 1 heterocycles. The zero-order valence-corrected chi connectivity index (χ0v) is 9.28. The molecule has 52 valence electrons. The zero-order valence-electron chi connectivity index (χ0n) is 5.99. The molecule has 0 aliphatic rings. The summed E-state index contributed by atoms with van der Waals surface area (Å²) in [5, 5.41) is 1.25. The van der Waals surface area contributed by atoms with E-state index >= 15 is 0 Å². The monoisotopic (exact) mass is 249 g/mol. The first-order valence-electron chi connectivity index (χ1n) is 3.46. The van der Waals surface area contributed by atoms with Crippen molar-refractivity contribution in [2.75, 3.05) is 0 Å². The molecule has 2 heteroatoms. The normalized spacial score (nSPS) is 10.3. The van der Waals surface area contributed by atoms with Gasteiger partial charge in [0, 0.05) is 0 Å². The molecule has 0 N–H and O–H groups in total. The Morgan fingerprint density at radius 1 is 1.18 bits per heavy atom. The third-order valence-electron chi connectivity index (χ3n) is 1.63. The third-order valence-corrected chi connectivity index (χ3v) is 2.65. The predicted molar refractivity (Wildman–Crippen MR) is 48.5 cm³/mol. The summed E-state index contributed by atoms with van der Waals surface area (Å²) in [4.78, 5) is 4.24. The molecule has 0 aliphatic carbocycles. The summed E-state index contributed by atoms with van der Waals surface area (Å²) in [6.07, 6.45) is 1.83. The molecule has 0 atom stereocenters. The molecule has 0 saturated carbocycles. The minimum atomic E-state index is 1.09. The molecule has 0 bridgehead atoms. The first-order valence-corrected chi connectivity index (χ1v) is 5.11. The summed E-state index contributed by atoms with van der Waals surface area (Å²) in [7, 11) is 0. The van der Waals surface area contributed by atoms with Gasteiger partial charge in [-0.15, -0.1) is 0 Å². The standard InChI is InChI=1S/C9H6N.Sn.H/c1-2-6-9-8(4-1)5-3-7-10-9;;/h2-7H;;. The van der Waals surface area contributed by atoms with Crippen LogP contribution in [0.5, 0.6) is 0 Å². The summed E-state index contributed by atoms with van der Waals surface area (Å²) in [6, 6.07) is 10.5. The fraction of sp³-hybridized carbons (Fsp3) is 0. The van der Waals surface area contributed by atoms with Gasteiger partial charge in [0.1, 0.15) is 0 Å². The van der Waals surface area contributed by atoms with Crippen LogP contribution in [0.15, 0.2) is 36.5 Å². The van der Waals surface area contributed by atoms with Crippen molar-refractivity contribution in [3.05, 3.63) is 36.5 Å². The molecule has 0 saturated heterocycles. The number of fused-ring (bicyclic) bond motifs is 1. The van der Waals surface area contributed by atoms with E-state index in [1.54, 1.807) is 0 Å². The quantitative estimate of drug-likeness (QED) is 0.627. The van der Waals surface area contributed by atoms with Crippen LogP contribution in [0.2, 0.25) is 0 Å². The first-order chi connectivity index (χ1) is 5.36. The van der Waals surface area contributed by atoms with Crippen molar-refractivity contribution < 1.29 is 0 Å². The Hall–Kier alpha value is -0.571. The van der Waals surface area contributed by atoms with E-state index in [0.717, 1.165) is 5.52 Å². The number of nitrogens with zero attached hydrogens (tertiary/aromatic N) is 1. The Balaban J connectivity index is 2.83. The molecule has 0 unspecified atom stereocenters. The van der Waals surface area contributed by atoms with Crippen molar-refractivity contribution in [2.45, 2.75) is 0 Å². The molecule has 1 aromatic heterocycles. The van der Waals surface area contributed by atoms with E-state index in [-0.39, 0.29) is 0 Å². The van der Waals surface area contributed by atoms with Crippen LogP contribution in [0, 0.1) is 0 Å². The molecule has 0 amide bonds. The van der Waals surface area contributed by atoms with Gasteiger partial charge in [0.05, 0.1) is 0 Å². The van der Waals surface area contributed by atoms with E-state index < -0.39 is 0 Å². The number of aromatic nitrogens is 1. The third kappa shape index (κ3) is 1.38. The summed E-state index contributed by atoms with van der Waals surface area (Å²) >= 11 is 1.18. The van der Waals surface area contributed by atoms with Gasteiger partial charge in [-0.25, -0.2) is 0 Å². The van der Waals surface area contributed by atoms with E-state index in [2.05, 4.69) is 29.2 Å². The average molecular weight is 248 g/mol. The molecule has 0 aliphatic heterocycles. The SMILES string of the molecule is [SnH][c]1ccc2ncccc2c1. The summed E-state index contributed by atoms with van der Waals surface area (Å²) in [6.45, 7) is 0. The maximum absolute atomic E-state index is 4.24. The van der Waals surface area contributed by atoms with E-state index in [0.29, 0.717) is 0 Å². The Morgan fingerprint density at radius 3 is 3.00 bits per heavy atom. The van der Waals surface area contributed by atoms with Crippen LogP contribution < -0.4 is 3.58 Å².